The second-order valence-corrected chi connectivity index (χ2v) is 2.92. The first-order valence-corrected chi connectivity index (χ1v) is 4.81. The number of Topliss-reactive ketones (excluding diaryl/α,β-unsaturated/α-hetero) is 1. The van der Waals surface area contributed by atoms with Crippen molar-refractivity contribution in [2.75, 3.05) is 6.61 Å². The summed E-state index contributed by atoms with van der Waals surface area (Å²) in [4.78, 5) is 22.7. The predicted octanol–water partition coefficient (Wildman–Crippen LogP) is 2.03. The van der Waals surface area contributed by atoms with Crippen molar-refractivity contribution < 1.29 is 27.8 Å². The number of carbonyl (C=O) groups is 2. The molecule has 0 aliphatic heterocycles. The molecule has 0 saturated carbocycles. The van der Waals surface area contributed by atoms with E-state index in [9.17, 15) is 18.4 Å². The van der Waals surface area contributed by atoms with Crippen LogP contribution in [0.2, 0.25) is 0 Å². The van der Waals surface area contributed by atoms with E-state index in [0.29, 0.717) is 0 Å². The van der Waals surface area contributed by atoms with Gasteiger partial charge in [0.2, 0.25) is 0 Å². The standard InChI is InChI=1S/C11H10F2O4/c1-2-16-10(15)9(14)7-5-3-4-6-8(7)17-11(12)13/h3-6,11H,2H2,1H3. The van der Waals surface area contributed by atoms with Crippen LogP contribution in [0.1, 0.15) is 17.3 Å². The fraction of sp³-hybridized carbons (Fsp3) is 0.273. The highest BCUT2D eigenvalue weighted by molar-refractivity contribution is 6.41. The number of para-hydroxylation sites is 1. The number of esters is 1. The van der Waals surface area contributed by atoms with Crippen LogP contribution in [0, 0.1) is 0 Å². The van der Waals surface area contributed by atoms with Crippen molar-refractivity contribution in [1.82, 2.24) is 0 Å². The molecule has 1 aromatic rings. The van der Waals surface area contributed by atoms with Gasteiger partial charge in [0.1, 0.15) is 5.75 Å². The SMILES string of the molecule is CCOC(=O)C(=O)c1ccccc1OC(F)F. The zero-order valence-corrected chi connectivity index (χ0v) is 8.98. The van der Waals surface area contributed by atoms with E-state index in [-0.39, 0.29) is 17.9 Å². The summed E-state index contributed by atoms with van der Waals surface area (Å²) < 4.78 is 32.7. The Morgan fingerprint density at radius 2 is 1.94 bits per heavy atom. The van der Waals surface area contributed by atoms with Crippen LogP contribution in [0.25, 0.3) is 0 Å². The Kier molecular flexibility index (Phi) is 4.56. The van der Waals surface area contributed by atoms with Crippen molar-refractivity contribution in [1.29, 1.82) is 0 Å². The smallest absolute Gasteiger partial charge is 0.387 e. The second kappa shape index (κ2) is 5.93. The fourth-order valence-corrected chi connectivity index (χ4v) is 1.16. The molecule has 4 nitrogen and oxygen atoms in total. The predicted molar refractivity (Wildman–Crippen MR) is 54.0 cm³/mol. The maximum atomic E-state index is 12.1. The average molecular weight is 244 g/mol. The van der Waals surface area contributed by atoms with E-state index in [1.165, 1.54) is 31.2 Å². The van der Waals surface area contributed by atoms with Gasteiger partial charge in [-0.15, -0.1) is 0 Å². The monoisotopic (exact) mass is 244 g/mol. The molecule has 0 fully saturated rings. The molecule has 0 radical (unpaired) electrons. The number of hydrogen-bond acceptors (Lipinski definition) is 4. The molecule has 0 bridgehead atoms. The third-order valence-corrected chi connectivity index (χ3v) is 1.81. The molecule has 0 saturated heterocycles. The topological polar surface area (TPSA) is 52.6 Å². The number of ether oxygens (including phenoxy) is 2. The molecule has 92 valence electrons. The average Bonchev–Trinajstić information content (AvgIpc) is 2.28. The van der Waals surface area contributed by atoms with Gasteiger partial charge < -0.3 is 9.47 Å². The molecule has 0 aliphatic carbocycles. The zero-order chi connectivity index (χ0) is 12.8. The van der Waals surface area contributed by atoms with Crippen molar-refractivity contribution in [3.8, 4) is 5.75 Å². The molecule has 0 atom stereocenters. The Labute approximate surface area is 96.1 Å². The van der Waals surface area contributed by atoms with Gasteiger partial charge in [0.25, 0.3) is 5.78 Å². The molecule has 0 heterocycles. The number of benzene rings is 1. The first-order chi connectivity index (χ1) is 8.06. The molecule has 0 unspecified atom stereocenters. The molecule has 0 spiro atoms. The maximum Gasteiger partial charge on any atom is 0.387 e. The minimum absolute atomic E-state index is 0.0302. The van der Waals surface area contributed by atoms with Crippen LogP contribution in [-0.2, 0) is 9.53 Å². The van der Waals surface area contributed by atoms with E-state index < -0.39 is 18.4 Å². The molecule has 0 amide bonds. The van der Waals surface area contributed by atoms with Crippen LogP contribution in [-0.4, -0.2) is 25.0 Å². The molecule has 0 aliphatic rings. The maximum absolute atomic E-state index is 12.1. The fourth-order valence-electron chi connectivity index (χ4n) is 1.16. The van der Waals surface area contributed by atoms with Crippen molar-refractivity contribution in [2.45, 2.75) is 13.5 Å². The zero-order valence-electron chi connectivity index (χ0n) is 8.98. The molecule has 6 heteroatoms. The summed E-state index contributed by atoms with van der Waals surface area (Å²) in [7, 11) is 0. The largest absolute Gasteiger partial charge is 0.460 e. The lowest BCUT2D eigenvalue weighted by Crippen LogP contribution is -2.19. The quantitative estimate of drug-likeness (QED) is 0.452. The Morgan fingerprint density at radius 3 is 2.53 bits per heavy atom. The van der Waals surface area contributed by atoms with Gasteiger partial charge in [0.15, 0.2) is 0 Å². The van der Waals surface area contributed by atoms with Gasteiger partial charge in [-0.3, -0.25) is 4.79 Å². The first kappa shape index (κ1) is 13.1. The minimum atomic E-state index is -3.06. The Morgan fingerprint density at radius 1 is 1.29 bits per heavy atom. The summed E-state index contributed by atoms with van der Waals surface area (Å²) in [6.45, 7) is -1.50. The summed E-state index contributed by atoms with van der Waals surface area (Å²) >= 11 is 0. The van der Waals surface area contributed by atoms with Crippen LogP contribution in [0.5, 0.6) is 5.75 Å². The number of hydrogen-bond donors (Lipinski definition) is 0. The van der Waals surface area contributed by atoms with Crippen LogP contribution >= 0.6 is 0 Å². The molecular weight excluding hydrogens is 234 g/mol. The van der Waals surface area contributed by atoms with Crippen molar-refractivity contribution in [3.05, 3.63) is 29.8 Å². The van der Waals surface area contributed by atoms with Crippen LogP contribution in [0.4, 0.5) is 8.78 Å². The van der Waals surface area contributed by atoms with Crippen LogP contribution in [0.3, 0.4) is 0 Å². The van der Waals surface area contributed by atoms with E-state index in [1.807, 2.05) is 0 Å². The van der Waals surface area contributed by atoms with E-state index in [0.717, 1.165) is 0 Å². The van der Waals surface area contributed by atoms with Crippen molar-refractivity contribution in [2.24, 2.45) is 0 Å². The molecule has 17 heavy (non-hydrogen) atoms. The van der Waals surface area contributed by atoms with Crippen molar-refractivity contribution in [3.63, 3.8) is 0 Å². The van der Waals surface area contributed by atoms with Gasteiger partial charge in [0, 0.05) is 0 Å². The van der Waals surface area contributed by atoms with Gasteiger partial charge >= 0.3 is 12.6 Å². The second-order valence-electron chi connectivity index (χ2n) is 2.92. The van der Waals surface area contributed by atoms with Gasteiger partial charge in [-0.2, -0.15) is 8.78 Å². The van der Waals surface area contributed by atoms with E-state index >= 15 is 0 Å². The van der Waals surface area contributed by atoms with Gasteiger partial charge in [0.05, 0.1) is 12.2 Å². The lowest BCUT2D eigenvalue weighted by molar-refractivity contribution is -0.137. The Balaban J connectivity index is 2.96. The normalized spacial score (nSPS) is 10.1. The van der Waals surface area contributed by atoms with E-state index in [2.05, 4.69) is 9.47 Å². The third-order valence-electron chi connectivity index (χ3n) is 1.81. The number of alkyl halides is 2. The van der Waals surface area contributed by atoms with E-state index in [1.54, 1.807) is 0 Å². The van der Waals surface area contributed by atoms with Crippen molar-refractivity contribution >= 4 is 11.8 Å². The molecule has 1 aromatic carbocycles. The number of ketones is 1. The third kappa shape index (κ3) is 3.51. The molecular formula is C11H10F2O4. The highest BCUT2D eigenvalue weighted by atomic mass is 19.3. The summed E-state index contributed by atoms with van der Waals surface area (Å²) in [5.41, 5.74) is -0.244. The lowest BCUT2D eigenvalue weighted by Gasteiger charge is -2.08. The van der Waals surface area contributed by atoms with E-state index in [4.69, 9.17) is 0 Å². The van der Waals surface area contributed by atoms with Crippen LogP contribution < -0.4 is 4.74 Å². The minimum Gasteiger partial charge on any atom is -0.460 e. The number of halogens is 2. The van der Waals surface area contributed by atoms with Crippen LogP contribution in [0.15, 0.2) is 24.3 Å². The summed E-state index contributed by atoms with van der Waals surface area (Å²) in [5, 5.41) is 0. The highest BCUT2D eigenvalue weighted by Gasteiger charge is 2.22. The van der Waals surface area contributed by atoms with Gasteiger partial charge in [-0.1, -0.05) is 12.1 Å². The lowest BCUT2D eigenvalue weighted by atomic mass is 10.1. The first-order valence-electron chi connectivity index (χ1n) is 4.81. The number of rotatable bonds is 5. The summed E-state index contributed by atoms with van der Waals surface area (Å²) in [5.74, 6) is -2.46. The Bertz CT molecular complexity index is 418. The van der Waals surface area contributed by atoms with Gasteiger partial charge in [-0.05, 0) is 19.1 Å². The summed E-state index contributed by atoms with van der Waals surface area (Å²) in [6.07, 6.45) is 0. The molecule has 0 aromatic heterocycles. The molecule has 0 N–H and O–H groups in total. The van der Waals surface area contributed by atoms with Gasteiger partial charge in [-0.25, -0.2) is 4.79 Å². The molecule has 1 rings (SSSR count). The highest BCUT2D eigenvalue weighted by Crippen LogP contribution is 2.21. The number of carbonyl (C=O) groups excluding carboxylic acids is 2. The summed E-state index contributed by atoms with van der Waals surface area (Å²) in [6, 6.07) is 5.25. The Hall–Kier alpha value is -1.98.